The van der Waals surface area contributed by atoms with Gasteiger partial charge in [0.1, 0.15) is 11.6 Å². The summed E-state index contributed by atoms with van der Waals surface area (Å²) in [6.45, 7) is 0. The van der Waals surface area contributed by atoms with Gasteiger partial charge in [-0.05, 0) is 29.8 Å². The summed E-state index contributed by atoms with van der Waals surface area (Å²) in [4.78, 5) is 8.80. The molecule has 0 aliphatic carbocycles. The summed E-state index contributed by atoms with van der Waals surface area (Å²) in [6, 6.07) is 22.1. The molecule has 5 nitrogen and oxygen atoms in total. The van der Waals surface area contributed by atoms with Crippen LogP contribution in [0.25, 0.3) is 28.0 Å². The first-order valence-electron chi connectivity index (χ1n) is 9.16. The number of pyridine rings is 1. The second-order valence-electron chi connectivity index (χ2n) is 6.53. The number of benzene rings is 2. The quantitative estimate of drug-likeness (QED) is 0.456. The van der Waals surface area contributed by atoms with Crippen molar-refractivity contribution < 1.29 is 4.39 Å². The van der Waals surface area contributed by atoms with Gasteiger partial charge in [-0.1, -0.05) is 42.5 Å². The number of hydrogen-bond donors (Lipinski definition) is 1. The minimum absolute atomic E-state index is 0.319. The molecule has 1 N–H and O–H groups in total. The van der Waals surface area contributed by atoms with E-state index in [1.807, 2.05) is 42.5 Å². The topological polar surface area (TPSA) is 55.1 Å². The van der Waals surface area contributed by atoms with Crippen LogP contribution in [0.4, 0.5) is 15.9 Å². The van der Waals surface area contributed by atoms with E-state index in [0.29, 0.717) is 22.7 Å². The summed E-state index contributed by atoms with van der Waals surface area (Å²) >= 11 is 0. The Morgan fingerprint density at radius 2 is 1.59 bits per heavy atom. The molecule has 3 aromatic heterocycles. The summed E-state index contributed by atoms with van der Waals surface area (Å²) < 4.78 is 16.2. The molecule has 5 aromatic rings. The lowest BCUT2D eigenvalue weighted by Gasteiger charge is -2.11. The van der Waals surface area contributed by atoms with Crippen LogP contribution in [-0.2, 0) is 0 Å². The highest BCUT2D eigenvalue weighted by Gasteiger charge is 2.15. The predicted molar refractivity (Wildman–Crippen MR) is 111 cm³/mol. The van der Waals surface area contributed by atoms with Crippen LogP contribution in [0.3, 0.4) is 0 Å². The predicted octanol–water partition coefficient (Wildman–Crippen LogP) is 5.34. The third-order valence-corrected chi connectivity index (χ3v) is 4.66. The van der Waals surface area contributed by atoms with E-state index in [4.69, 9.17) is 4.98 Å². The van der Waals surface area contributed by atoms with Crippen molar-refractivity contribution in [2.75, 3.05) is 5.32 Å². The number of halogens is 1. The van der Waals surface area contributed by atoms with Crippen molar-refractivity contribution in [1.82, 2.24) is 19.6 Å². The summed E-state index contributed by atoms with van der Waals surface area (Å²) in [5.74, 6) is 0.363. The molecule has 0 saturated carbocycles. The second kappa shape index (κ2) is 7.16. The van der Waals surface area contributed by atoms with E-state index in [-0.39, 0.29) is 5.82 Å². The molecule has 0 unspecified atom stereocenters. The molecule has 0 bridgehead atoms. The zero-order valence-electron chi connectivity index (χ0n) is 15.3. The van der Waals surface area contributed by atoms with E-state index in [9.17, 15) is 4.39 Å². The van der Waals surface area contributed by atoms with E-state index < -0.39 is 0 Å². The zero-order valence-corrected chi connectivity index (χ0v) is 15.3. The van der Waals surface area contributed by atoms with Crippen molar-refractivity contribution in [3.63, 3.8) is 0 Å². The highest BCUT2D eigenvalue weighted by Crippen LogP contribution is 2.30. The first-order valence-corrected chi connectivity index (χ1v) is 9.16. The third kappa shape index (κ3) is 3.21. The summed E-state index contributed by atoms with van der Waals surface area (Å²) in [6.07, 6.45) is 5.19. The van der Waals surface area contributed by atoms with Crippen LogP contribution in [0.5, 0.6) is 0 Å². The lowest BCUT2D eigenvalue weighted by molar-refractivity contribution is 0.630. The molecule has 2 aromatic carbocycles. The molecule has 0 amide bonds. The molecule has 0 fully saturated rings. The number of anilines is 2. The maximum absolute atomic E-state index is 14.5. The SMILES string of the molecule is Fc1ccccc1-c1cc(Nc2ccncc2)n2ncc(-c3ccccc3)c2n1. The molecule has 0 saturated heterocycles. The van der Waals surface area contributed by atoms with Gasteiger partial charge in [-0.3, -0.25) is 4.98 Å². The highest BCUT2D eigenvalue weighted by atomic mass is 19.1. The largest absolute Gasteiger partial charge is 0.340 e. The molecule has 0 atom stereocenters. The van der Waals surface area contributed by atoms with Gasteiger partial charge in [0.2, 0.25) is 0 Å². The summed E-state index contributed by atoms with van der Waals surface area (Å²) in [5.41, 5.74) is 4.34. The lowest BCUT2D eigenvalue weighted by atomic mass is 10.1. The maximum Gasteiger partial charge on any atom is 0.165 e. The Hall–Kier alpha value is -4.06. The average molecular weight is 381 g/mol. The van der Waals surface area contributed by atoms with Gasteiger partial charge in [0.05, 0.1) is 11.9 Å². The van der Waals surface area contributed by atoms with E-state index in [1.54, 1.807) is 47.4 Å². The van der Waals surface area contributed by atoms with Gasteiger partial charge in [0.25, 0.3) is 0 Å². The van der Waals surface area contributed by atoms with Crippen LogP contribution >= 0.6 is 0 Å². The summed E-state index contributed by atoms with van der Waals surface area (Å²) in [7, 11) is 0. The monoisotopic (exact) mass is 381 g/mol. The van der Waals surface area contributed by atoms with Gasteiger partial charge in [-0.15, -0.1) is 0 Å². The molecular weight excluding hydrogens is 365 g/mol. The third-order valence-electron chi connectivity index (χ3n) is 4.66. The van der Waals surface area contributed by atoms with E-state index in [2.05, 4.69) is 15.4 Å². The van der Waals surface area contributed by atoms with Crippen molar-refractivity contribution in [3.8, 4) is 22.4 Å². The lowest BCUT2D eigenvalue weighted by Crippen LogP contribution is -2.03. The molecule has 0 aliphatic heterocycles. The molecule has 0 radical (unpaired) electrons. The Balaban J connectivity index is 1.74. The Kier molecular flexibility index (Phi) is 4.22. The molecule has 6 heteroatoms. The molecular formula is C23H16FN5. The molecule has 140 valence electrons. The number of fused-ring (bicyclic) bond motifs is 1. The van der Waals surface area contributed by atoms with Gasteiger partial charge in [0.15, 0.2) is 5.65 Å². The van der Waals surface area contributed by atoms with Crippen LogP contribution in [0, 0.1) is 5.82 Å². The number of nitrogens with zero attached hydrogens (tertiary/aromatic N) is 4. The normalized spacial score (nSPS) is 10.9. The summed E-state index contributed by atoms with van der Waals surface area (Å²) in [5, 5.41) is 7.87. The van der Waals surface area contributed by atoms with Crippen LogP contribution < -0.4 is 5.32 Å². The number of aromatic nitrogens is 4. The Bertz CT molecular complexity index is 1280. The minimum atomic E-state index is -0.319. The van der Waals surface area contributed by atoms with Gasteiger partial charge in [-0.25, -0.2) is 9.37 Å². The van der Waals surface area contributed by atoms with Crippen LogP contribution in [0.1, 0.15) is 0 Å². The minimum Gasteiger partial charge on any atom is -0.340 e. The fourth-order valence-electron chi connectivity index (χ4n) is 3.26. The fraction of sp³-hybridized carbons (Fsp3) is 0. The van der Waals surface area contributed by atoms with Crippen molar-refractivity contribution in [1.29, 1.82) is 0 Å². The van der Waals surface area contributed by atoms with Gasteiger partial charge in [-0.2, -0.15) is 9.61 Å². The number of hydrogen-bond acceptors (Lipinski definition) is 4. The Labute approximate surface area is 166 Å². The van der Waals surface area contributed by atoms with E-state index in [0.717, 1.165) is 16.8 Å². The number of rotatable bonds is 4. The van der Waals surface area contributed by atoms with Crippen molar-refractivity contribution in [2.45, 2.75) is 0 Å². The fourth-order valence-corrected chi connectivity index (χ4v) is 3.26. The highest BCUT2D eigenvalue weighted by molar-refractivity contribution is 5.81. The average Bonchev–Trinajstić information content (AvgIpc) is 3.20. The first-order chi connectivity index (χ1) is 14.3. The van der Waals surface area contributed by atoms with E-state index >= 15 is 0 Å². The van der Waals surface area contributed by atoms with Crippen molar-refractivity contribution in [3.05, 3.63) is 97.2 Å². The van der Waals surface area contributed by atoms with Crippen LogP contribution in [0.2, 0.25) is 0 Å². The zero-order chi connectivity index (χ0) is 19.6. The molecule has 0 aliphatic rings. The van der Waals surface area contributed by atoms with Crippen molar-refractivity contribution in [2.24, 2.45) is 0 Å². The van der Waals surface area contributed by atoms with Crippen molar-refractivity contribution >= 4 is 17.2 Å². The molecule has 5 rings (SSSR count). The first kappa shape index (κ1) is 17.1. The van der Waals surface area contributed by atoms with Crippen LogP contribution in [-0.4, -0.2) is 19.6 Å². The molecule has 0 spiro atoms. The Morgan fingerprint density at radius 1 is 0.828 bits per heavy atom. The van der Waals surface area contributed by atoms with Gasteiger partial charge in [0, 0.05) is 35.3 Å². The Morgan fingerprint density at radius 3 is 2.38 bits per heavy atom. The number of nitrogens with one attached hydrogen (secondary N) is 1. The van der Waals surface area contributed by atoms with Gasteiger partial charge < -0.3 is 5.32 Å². The smallest absolute Gasteiger partial charge is 0.165 e. The molecule has 29 heavy (non-hydrogen) atoms. The maximum atomic E-state index is 14.5. The van der Waals surface area contributed by atoms with Gasteiger partial charge >= 0.3 is 0 Å². The van der Waals surface area contributed by atoms with E-state index in [1.165, 1.54) is 6.07 Å². The standard InChI is InChI=1S/C23H16FN5/c24-20-9-5-4-8-18(20)21-14-22(27-17-10-12-25-13-11-17)29-23(28-21)19(15-26-29)16-6-2-1-3-7-16/h1-15H,(H,25,27). The molecule has 3 heterocycles. The van der Waals surface area contributed by atoms with Crippen LogP contribution in [0.15, 0.2) is 91.4 Å². The second-order valence-corrected chi connectivity index (χ2v) is 6.53.